The SMILES string of the molecule is CCc1ccc(CC2(F)CCNC2)cc1. The highest BCUT2D eigenvalue weighted by molar-refractivity contribution is 5.24. The minimum Gasteiger partial charge on any atom is -0.313 e. The number of aryl methyl sites for hydroxylation is 1. The van der Waals surface area contributed by atoms with Crippen molar-refractivity contribution in [3.8, 4) is 0 Å². The van der Waals surface area contributed by atoms with Crippen LogP contribution < -0.4 is 5.32 Å². The van der Waals surface area contributed by atoms with Gasteiger partial charge in [-0.25, -0.2) is 4.39 Å². The minimum absolute atomic E-state index is 0.503. The Balaban J connectivity index is 2.04. The number of halogens is 1. The van der Waals surface area contributed by atoms with E-state index in [1.54, 1.807) is 0 Å². The van der Waals surface area contributed by atoms with Gasteiger partial charge in [-0.3, -0.25) is 0 Å². The van der Waals surface area contributed by atoms with Gasteiger partial charge in [-0.2, -0.15) is 0 Å². The largest absolute Gasteiger partial charge is 0.313 e. The summed E-state index contributed by atoms with van der Waals surface area (Å²) in [6.45, 7) is 3.44. The van der Waals surface area contributed by atoms with Gasteiger partial charge in [0.15, 0.2) is 0 Å². The van der Waals surface area contributed by atoms with E-state index in [1.807, 2.05) is 0 Å². The van der Waals surface area contributed by atoms with Gasteiger partial charge in [0.1, 0.15) is 5.67 Å². The lowest BCUT2D eigenvalue weighted by molar-refractivity contribution is 0.190. The van der Waals surface area contributed by atoms with E-state index < -0.39 is 5.67 Å². The Morgan fingerprint density at radius 3 is 2.47 bits per heavy atom. The monoisotopic (exact) mass is 207 g/mol. The molecule has 1 saturated heterocycles. The first kappa shape index (κ1) is 10.6. The summed E-state index contributed by atoms with van der Waals surface area (Å²) in [6.07, 6.45) is 2.23. The molecule has 2 rings (SSSR count). The van der Waals surface area contributed by atoms with Gasteiger partial charge < -0.3 is 5.32 Å². The molecule has 1 heterocycles. The zero-order chi connectivity index (χ0) is 10.7. The van der Waals surface area contributed by atoms with Crippen LogP contribution in [0.15, 0.2) is 24.3 Å². The summed E-state index contributed by atoms with van der Waals surface area (Å²) in [5, 5.41) is 3.08. The predicted octanol–water partition coefficient (Wildman–Crippen LogP) is 2.49. The third kappa shape index (κ3) is 2.57. The van der Waals surface area contributed by atoms with Crippen molar-refractivity contribution in [3.63, 3.8) is 0 Å². The average Bonchev–Trinajstić information content (AvgIpc) is 2.66. The zero-order valence-corrected chi connectivity index (χ0v) is 9.22. The lowest BCUT2D eigenvalue weighted by atomic mass is 9.95. The van der Waals surface area contributed by atoms with Crippen LogP contribution in [0.25, 0.3) is 0 Å². The normalized spacial score (nSPS) is 25.7. The summed E-state index contributed by atoms with van der Waals surface area (Å²) in [4.78, 5) is 0. The van der Waals surface area contributed by atoms with Crippen LogP contribution in [-0.4, -0.2) is 18.8 Å². The van der Waals surface area contributed by atoms with Crippen LogP contribution in [0.5, 0.6) is 0 Å². The summed E-state index contributed by atoms with van der Waals surface area (Å²) in [5.41, 5.74) is 1.41. The molecule has 1 aliphatic heterocycles. The smallest absolute Gasteiger partial charge is 0.128 e. The topological polar surface area (TPSA) is 12.0 Å². The molecule has 1 aromatic rings. The van der Waals surface area contributed by atoms with Crippen molar-refractivity contribution < 1.29 is 4.39 Å². The van der Waals surface area contributed by atoms with Crippen LogP contribution in [-0.2, 0) is 12.8 Å². The quantitative estimate of drug-likeness (QED) is 0.803. The van der Waals surface area contributed by atoms with Crippen LogP contribution in [0.4, 0.5) is 4.39 Å². The molecule has 15 heavy (non-hydrogen) atoms. The first-order chi connectivity index (χ1) is 7.22. The fraction of sp³-hybridized carbons (Fsp3) is 0.538. The van der Waals surface area contributed by atoms with Gasteiger partial charge in [-0.1, -0.05) is 31.2 Å². The maximum absolute atomic E-state index is 14.1. The highest BCUT2D eigenvalue weighted by Crippen LogP contribution is 2.24. The molecule has 2 heteroatoms. The molecule has 0 aliphatic carbocycles. The Labute approximate surface area is 90.7 Å². The lowest BCUT2D eigenvalue weighted by Gasteiger charge is -2.18. The molecule has 82 valence electrons. The van der Waals surface area contributed by atoms with E-state index in [4.69, 9.17) is 0 Å². The Hall–Kier alpha value is -0.890. The third-order valence-corrected chi connectivity index (χ3v) is 3.14. The van der Waals surface area contributed by atoms with Gasteiger partial charge in [0.25, 0.3) is 0 Å². The molecule has 0 aromatic heterocycles. The molecule has 1 unspecified atom stereocenters. The number of rotatable bonds is 3. The van der Waals surface area contributed by atoms with Crippen LogP contribution in [0.2, 0.25) is 0 Å². The average molecular weight is 207 g/mol. The molecule has 1 aliphatic rings. The molecule has 0 saturated carbocycles. The number of alkyl halides is 1. The summed E-state index contributed by atoms with van der Waals surface area (Å²) < 4.78 is 14.1. The number of hydrogen-bond donors (Lipinski definition) is 1. The van der Waals surface area contributed by atoms with E-state index in [1.165, 1.54) is 5.56 Å². The van der Waals surface area contributed by atoms with Crippen molar-refractivity contribution >= 4 is 0 Å². The first-order valence-electron chi connectivity index (χ1n) is 5.69. The summed E-state index contributed by atoms with van der Waals surface area (Å²) in [7, 11) is 0. The lowest BCUT2D eigenvalue weighted by Crippen LogP contribution is -2.28. The van der Waals surface area contributed by atoms with Gasteiger partial charge in [0, 0.05) is 13.0 Å². The highest BCUT2D eigenvalue weighted by atomic mass is 19.1. The van der Waals surface area contributed by atoms with E-state index >= 15 is 0 Å². The number of nitrogens with one attached hydrogen (secondary N) is 1. The van der Waals surface area contributed by atoms with Crippen molar-refractivity contribution in [3.05, 3.63) is 35.4 Å². The molecule has 1 fully saturated rings. The van der Waals surface area contributed by atoms with E-state index in [2.05, 4.69) is 36.5 Å². The van der Waals surface area contributed by atoms with Crippen LogP contribution in [0.1, 0.15) is 24.5 Å². The van der Waals surface area contributed by atoms with Crippen molar-refractivity contribution in [1.29, 1.82) is 0 Å². The fourth-order valence-corrected chi connectivity index (χ4v) is 2.12. The van der Waals surface area contributed by atoms with E-state index in [0.717, 1.165) is 18.5 Å². The molecule has 1 N–H and O–H groups in total. The predicted molar refractivity (Wildman–Crippen MR) is 60.8 cm³/mol. The van der Waals surface area contributed by atoms with Gasteiger partial charge in [0.2, 0.25) is 0 Å². The van der Waals surface area contributed by atoms with Crippen molar-refractivity contribution in [2.45, 2.75) is 31.9 Å². The van der Waals surface area contributed by atoms with Crippen LogP contribution in [0, 0.1) is 0 Å². The maximum Gasteiger partial charge on any atom is 0.128 e. The fourth-order valence-electron chi connectivity index (χ4n) is 2.12. The maximum atomic E-state index is 14.1. The Morgan fingerprint density at radius 2 is 1.93 bits per heavy atom. The van der Waals surface area contributed by atoms with Gasteiger partial charge in [-0.05, 0) is 30.5 Å². The van der Waals surface area contributed by atoms with E-state index in [0.29, 0.717) is 19.4 Å². The van der Waals surface area contributed by atoms with Gasteiger partial charge in [0.05, 0.1) is 0 Å². The zero-order valence-electron chi connectivity index (χ0n) is 9.22. The second-order valence-corrected chi connectivity index (χ2v) is 4.42. The van der Waals surface area contributed by atoms with E-state index in [-0.39, 0.29) is 0 Å². The van der Waals surface area contributed by atoms with Crippen LogP contribution >= 0.6 is 0 Å². The standard InChI is InChI=1S/C13H18FN/c1-2-11-3-5-12(6-4-11)9-13(14)7-8-15-10-13/h3-6,15H,2,7-10H2,1H3. The van der Waals surface area contributed by atoms with Crippen LogP contribution in [0.3, 0.4) is 0 Å². The van der Waals surface area contributed by atoms with Crippen molar-refractivity contribution in [2.24, 2.45) is 0 Å². The molecule has 1 aromatic carbocycles. The molecular formula is C13H18FN. The second kappa shape index (κ2) is 4.31. The van der Waals surface area contributed by atoms with Gasteiger partial charge >= 0.3 is 0 Å². The first-order valence-corrected chi connectivity index (χ1v) is 5.69. The minimum atomic E-state index is -1.02. The summed E-state index contributed by atoms with van der Waals surface area (Å²) in [6, 6.07) is 8.30. The third-order valence-electron chi connectivity index (χ3n) is 3.14. The highest BCUT2D eigenvalue weighted by Gasteiger charge is 2.33. The molecule has 0 radical (unpaired) electrons. The van der Waals surface area contributed by atoms with Crippen molar-refractivity contribution in [1.82, 2.24) is 5.32 Å². The number of hydrogen-bond acceptors (Lipinski definition) is 1. The summed E-state index contributed by atoms with van der Waals surface area (Å²) >= 11 is 0. The molecule has 1 atom stereocenters. The Morgan fingerprint density at radius 1 is 1.27 bits per heavy atom. The second-order valence-electron chi connectivity index (χ2n) is 4.42. The summed E-state index contributed by atoms with van der Waals surface area (Å²) in [5.74, 6) is 0. The molecule has 0 bridgehead atoms. The molecule has 0 spiro atoms. The number of benzene rings is 1. The molecule has 1 nitrogen and oxygen atoms in total. The Kier molecular flexibility index (Phi) is 3.06. The van der Waals surface area contributed by atoms with Gasteiger partial charge in [-0.15, -0.1) is 0 Å². The van der Waals surface area contributed by atoms with E-state index in [9.17, 15) is 4.39 Å². The van der Waals surface area contributed by atoms with Crippen molar-refractivity contribution in [2.75, 3.05) is 13.1 Å². The Bertz CT molecular complexity index is 312. The molecule has 0 amide bonds. The molecular weight excluding hydrogens is 189 g/mol.